The van der Waals surface area contributed by atoms with E-state index in [1.54, 1.807) is 0 Å². The van der Waals surface area contributed by atoms with E-state index in [9.17, 15) is 8.60 Å². The summed E-state index contributed by atoms with van der Waals surface area (Å²) in [5.74, 6) is 0.370. The van der Waals surface area contributed by atoms with Gasteiger partial charge in [-0.05, 0) is 58.1 Å². The molecule has 0 unspecified atom stereocenters. The van der Waals surface area contributed by atoms with Crippen molar-refractivity contribution in [3.8, 4) is 0 Å². The maximum absolute atomic E-state index is 13.9. The van der Waals surface area contributed by atoms with Crippen molar-refractivity contribution in [2.75, 3.05) is 0 Å². The summed E-state index contributed by atoms with van der Waals surface area (Å²) in [4.78, 5) is 0. The molecule has 0 spiro atoms. The molecular weight excluding hydrogens is 261 g/mol. The van der Waals surface area contributed by atoms with Crippen molar-refractivity contribution in [1.82, 2.24) is 4.72 Å². The van der Waals surface area contributed by atoms with Crippen LogP contribution in [0.2, 0.25) is 0 Å². The zero-order valence-electron chi connectivity index (χ0n) is 12.0. The average molecular weight is 283 g/mol. The highest BCUT2D eigenvalue weighted by molar-refractivity contribution is 7.84. The molecule has 1 saturated carbocycles. The topological polar surface area (TPSA) is 29.1 Å². The molecule has 1 fully saturated rings. The third-order valence-corrected chi connectivity index (χ3v) is 5.06. The average Bonchev–Trinajstić information content (AvgIpc) is 3.12. The lowest BCUT2D eigenvalue weighted by molar-refractivity contribution is 0.571. The summed E-state index contributed by atoms with van der Waals surface area (Å²) in [6.45, 7) is 7.57. The van der Waals surface area contributed by atoms with Crippen LogP contribution in [0.5, 0.6) is 0 Å². The van der Waals surface area contributed by atoms with Crippen LogP contribution in [0, 0.1) is 5.82 Å². The molecule has 0 radical (unpaired) electrons. The van der Waals surface area contributed by atoms with Crippen LogP contribution in [0.25, 0.3) is 0 Å². The summed E-state index contributed by atoms with van der Waals surface area (Å²) in [6, 6.07) is 5.06. The van der Waals surface area contributed by atoms with Crippen molar-refractivity contribution < 1.29 is 8.60 Å². The van der Waals surface area contributed by atoms with Crippen molar-refractivity contribution in [2.45, 2.75) is 57.2 Å². The molecule has 1 aromatic rings. The number of hydrogen-bond acceptors (Lipinski definition) is 1. The predicted molar refractivity (Wildman–Crippen MR) is 77.8 cm³/mol. The summed E-state index contributed by atoms with van der Waals surface area (Å²) < 4.78 is 28.6. The summed E-state index contributed by atoms with van der Waals surface area (Å²) >= 11 is 0. The largest absolute Gasteiger partial charge is 0.242 e. The van der Waals surface area contributed by atoms with Gasteiger partial charge in [-0.25, -0.2) is 13.3 Å². The molecule has 19 heavy (non-hydrogen) atoms. The van der Waals surface area contributed by atoms with E-state index < -0.39 is 11.0 Å². The van der Waals surface area contributed by atoms with Gasteiger partial charge in [0, 0.05) is 11.6 Å². The van der Waals surface area contributed by atoms with Crippen molar-refractivity contribution in [3.05, 3.63) is 35.1 Å². The molecule has 1 aromatic carbocycles. The quantitative estimate of drug-likeness (QED) is 0.894. The van der Waals surface area contributed by atoms with Gasteiger partial charge in [-0.2, -0.15) is 0 Å². The summed E-state index contributed by atoms with van der Waals surface area (Å²) in [5, 5.41) is 0. The first-order valence-corrected chi connectivity index (χ1v) is 7.91. The first kappa shape index (κ1) is 14.7. The van der Waals surface area contributed by atoms with Gasteiger partial charge in [-0.15, -0.1) is 0 Å². The molecule has 1 N–H and O–H groups in total. The van der Waals surface area contributed by atoms with Gasteiger partial charge in [0.1, 0.15) is 5.82 Å². The minimum absolute atomic E-state index is 0.227. The lowest BCUT2D eigenvalue weighted by Crippen LogP contribution is -2.35. The van der Waals surface area contributed by atoms with Gasteiger partial charge >= 0.3 is 0 Å². The molecule has 0 amide bonds. The van der Waals surface area contributed by atoms with E-state index in [1.165, 1.54) is 24.5 Å². The summed E-state index contributed by atoms with van der Waals surface area (Å²) in [6.07, 6.45) is 2.39. The Bertz CT molecular complexity index is 491. The maximum Gasteiger partial charge on any atom is 0.128 e. The van der Waals surface area contributed by atoms with Crippen molar-refractivity contribution in [3.63, 3.8) is 0 Å². The Kier molecular flexibility index (Phi) is 4.11. The second-order valence-corrected chi connectivity index (χ2v) is 8.27. The second kappa shape index (κ2) is 5.33. The molecular formula is C15H22FNOS. The van der Waals surface area contributed by atoms with E-state index in [1.807, 2.05) is 39.8 Å². The summed E-state index contributed by atoms with van der Waals surface area (Å²) in [7, 11) is -1.19. The van der Waals surface area contributed by atoms with E-state index in [4.69, 9.17) is 0 Å². The molecule has 0 heterocycles. The third-order valence-electron chi connectivity index (χ3n) is 3.38. The molecule has 1 aliphatic carbocycles. The van der Waals surface area contributed by atoms with Crippen LogP contribution in [0.15, 0.2) is 18.2 Å². The van der Waals surface area contributed by atoms with Gasteiger partial charge in [-0.3, -0.25) is 0 Å². The van der Waals surface area contributed by atoms with Crippen LogP contribution in [0.1, 0.15) is 63.6 Å². The van der Waals surface area contributed by atoms with E-state index in [0.717, 1.165) is 0 Å². The highest BCUT2D eigenvalue weighted by atomic mass is 32.2. The second-order valence-electron chi connectivity index (χ2n) is 6.28. The molecule has 2 rings (SSSR count). The fourth-order valence-electron chi connectivity index (χ4n) is 1.97. The van der Waals surface area contributed by atoms with E-state index in [0.29, 0.717) is 11.5 Å². The molecule has 106 valence electrons. The monoisotopic (exact) mass is 283 g/mol. The van der Waals surface area contributed by atoms with E-state index >= 15 is 0 Å². The molecule has 0 aliphatic heterocycles. The number of hydrogen-bond donors (Lipinski definition) is 1. The predicted octanol–water partition coefficient (Wildman–Crippen LogP) is 3.82. The lowest BCUT2D eigenvalue weighted by Gasteiger charge is -2.22. The highest BCUT2D eigenvalue weighted by Crippen LogP contribution is 2.41. The Morgan fingerprint density at radius 2 is 2.00 bits per heavy atom. The van der Waals surface area contributed by atoms with Crippen LogP contribution in [0.3, 0.4) is 0 Å². The first-order valence-electron chi connectivity index (χ1n) is 6.76. The van der Waals surface area contributed by atoms with Crippen LogP contribution < -0.4 is 4.72 Å². The molecule has 2 atom stereocenters. The molecule has 0 aromatic heterocycles. The maximum atomic E-state index is 13.9. The number of halogens is 1. The smallest absolute Gasteiger partial charge is 0.128 e. The third kappa shape index (κ3) is 3.63. The number of benzene rings is 1. The fourth-order valence-corrected chi connectivity index (χ4v) is 2.77. The molecule has 1 aliphatic rings. The lowest BCUT2D eigenvalue weighted by atomic mass is 10.0. The first-order chi connectivity index (χ1) is 8.79. The minimum atomic E-state index is -1.19. The van der Waals surface area contributed by atoms with Crippen LogP contribution >= 0.6 is 0 Å². The van der Waals surface area contributed by atoms with E-state index in [2.05, 4.69) is 4.72 Å². The van der Waals surface area contributed by atoms with Gasteiger partial charge in [0.05, 0.1) is 15.7 Å². The van der Waals surface area contributed by atoms with Gasteiger partial charge in [0.15, 0.2) is 0 Å². The standard InChI is InChI=1S/C15H22FNOS/c1-10(17-19(18)15(2,3)4)13-9-12(11-5-6-11)7-8-14(13)16/h7-11,17H,5-6H2,1-4H3/t10-,19+/m0/s1. The molecule has 0 bridgehead atoms. The number of nitrogens with one attached hydrogen (secondary N) is 1. The summed E-state index contributed by atoms with van der Waals surface area (Å²) in [5.41, 5.74) is 1.81. The van der Waals surface area contributed by atoms with Crippen molar-refractivity contribution in [1.29, 1.82) is 0 Å². The molecule has 2 nitrogen and oxygen atoms in total. The minimum Gasteiger partial charge on any atom is -0.242 e. The zero-order chi connectivity index (χ0) is 14.2. The van der Waals surface area contributed by atoms with Crippen molar-refractivity contribution in [2.24, 2.45) is 0 Å². The Morgan fingerprint density at radius 1 is 1.37 bits per heavy atom. The van der Waals surface area contributed by atoms with Crippen LogP contribution in [-0.2, 0) is 11.0 Å². The van der Waals surface area contributed by atoms with E-state index in [-0.39, 0.29) is 16.6 Å². The van der Waals surface area contributed by atoms with Gasteiger partial charge in [0.25, 0.3) is 0 Å². The Balaban J connectivity index is 2.16. The zero-order valence-corrected chi connectivity index (χ0v) is 12.8. The van der Waals surface area contributed by atoms with Gasteiger partial charge < -0.3 is 0 Å². The SMILES string of the molecule is C[C@H](N[S@](=O)C(C)(C)C)c1cc(C2CC2)ccc1F. The highest BCUT2D eigenvalue weighted by Gasteiger charge is 2.26. The Hall–Kier alpha value is -0.740. The normalized spacial score (nSPS) is 19.2. The Morgan fingerprint density at radius 3 is 2.53 bits per heavy atom. The van der Waals surface area contributed by atoms with Crippen molar-refractivity contribution >= 4 is 11.0 Å². The Labute approximate surface area is 117 Å². The molecule has 4 heteroatoms. The van der Waals surface area contributed by atoms with Gasteiger partial charge in [-0.1, -0.05) is 12.1 Å². The molecule has 0 saturated heterocycles. The fraction of sp³-hybridized carbons (Fsp3) is 0.600. The van der Waals surface area contributed by atoms with Crippen LogP contribution in [-0.4, -0.2) is 8.96 Å². The van der Waals surface area contributed by atoms with Gasteiger partial charge in [0.2, 0.25) is 0 Å². The van der Waals surface area contributed by atoms with Crippen LogP contribution in [0.4, 0.5) is 4.39 Å². The number of rotatable bonds is 4.